The predicted octanol–water partition coefficient (Wildman–Crippen LogP) is 1.24. The van der Waals surface area contributed by atoms with Crippen LogP contribution in [0.4, 0.5) is 0 Å². The summed E-state index contributed by atoms with van der Waals surface area (Å²) in [5.41, 5.74) is -0.244. The summed E-state index contributed by atoms with van der Waals surface area (Å²) in [7, 11) is 0. The zero-order valence-corrected chi connectivity index (χ0v) is 9.35. The second kappa shape index (κ2) is 5.62. The van der Waals surface area contributed by atoms with Crippen LogP contribution in [0, 0.1) is 0 Å². The maximum absolute atomic E-state index is 11.2. The van der Waals surface area contributed by atoms with Gasteiger partial charge in [0.1, 0.15) is 0 Å². The molecule has 82 valence electrons. The quantitative estimate of drug-likeness (QED) is 0.696. The van der Waals surface area contributed by atoms with Crippen LogP contribution in [0.1, 0.15) is 40.5 Å². The average Bonchev–Trinajstić information content (AvgIpc) is 1.98. The Balaban J connectivity index is 3.70. The van der Waals surface area contributed by atoms with Crippen molar-refractivity contribution in [3.05, 3.63) is 0 Å². The Morgan fingerprint density at radius 2 is 1.79 bits per heavy atom. The first-order chi connectivity index (χ1) is 6.35. The fourth-order valence-corrected chi connectivity index (χ4v) is 0.930. The molecule has 0 spiro atoms. The molecule has 0 aliphatic carbocycles. The first kappa shape index (κ1) is 12.9. The standard InChI is InChI=1S/C10H19NO3/c1-5-14-9(13)7-6-8(12)11-10(2,3)4/h5-7H2,1-4H3,(H,11,12). The summed E-state index contributed by atoms with van der Waals surface area (Å²) >= 11 is 0. The van der Waals surface area contributed by atoms with Gasteiger partial charge in [0.05, 0.1) is 13.0 Å². The maximum atomic E-state index is 11.2. The van der Waals surface area contributed by atoms with Gasteiger partial charge in [0.25, 0.3) is 0 Å². The van der Waals surface area contributed by atoms with Crippen LogP contribution in [0.15, 0.2) is 0 Å². The first-order valence-corrected chi connectivity index (χ1v) is 4.82. The summed E-state index contributed by atoms with van der Waals surface area (Å²) in [6, 6.07) is 0. The molecule has 0 fully saturated rings. The Morgan fingerprint density at radius 3 is 2.21 bits per heavy atom. The highest BCUT2D eigenvalue weighted by Crippen LogP contribution is 2.01. The van der Waals surface area contributed by atoms with Gasteiger partial charge in [-0.2, -0.15) is 0 Å². The van der Waals surface area contributed by atoms with Gasteiger partial charge >= 0.3 is 5.97 Å². The highest BCUT2D eigenvalue weighted by molar-refractivity contribution is 5.81. The van der Waals surface area contributed by atoms with Gasteiger partial charge in [-0.15, -0.1) is 0 Å². The number of hydrogen-bond donors (Lipinski definition) is 1. The van der Waals surface area contributed by atoms with Crippen molar-refractivity contribution in [1.82, 2.24) is 5.32 Å². The lowest BCUT2D eigenvalue weighted by Crippen LogP contribution is -2.40. The Kier molecular flexibility index (Phi) is 5.20. The third-order valence-corrected chi connectivity index (χ3v) is 1.38. The van der Waals surface area contributed by atoms with Crippen LogP contribution < -0.4 is 5.32 Å². The second-order valence-electron chi connectivity index (χ2n) is 4.10. The van der Waals surface area contributed by atoms with Crippen LogP contribution in [0.25, 0.3) is 0 Å². The average molecular weight is 201 g/mol. The van der Waals surface area contributed by atoms with Crippen molar-refractivity contribution in [2.75, 3.05) is 6.61 Å². The summed E-state index contributed by atoms with van der Waals surface area (Å²) in [6.07, 6.45) is 0.339. The van der Waals surface area contributed by atoms with Crippen LogP contribution in [0.3, 0.4) is 0 Å². The second-order valence-corrected chi connectivity index (χ2v) is 4.10. The molecule has 4 heteroatoms. The lowest BCUT2D eigenvalue weighted by atomic mass is 10.1. The van der Waals surface area contributed by atoms with E-state index < -0.39 is 0 Å². The van der Waals surface area contributed by atoms with Crippen molar-refractivity contribution in [2.24, 2.45) is 0 Å². The van der Waals surface area contributed by atoms with Crippen LogP contribution in [0.5, 0.6) is 0 Å². The molecule has 1 N–H and O–H groups in total. The molecule has 0 aromatic carbocycles. The molecule has 14 heavy (non-hydrogen) atoms. The van der Waals surface area contributed by atoms with Crippen molar-refractivity contribution in [3.63, 3.8) is 0 Å². The van der Waals surface area contributed by atoms with Gasteiger partial charge in [-0.05, 0) is 27.7 Å². The molecule has 0 aliphatic heterocycles. The van der Waals surface area contributed by atoms with Crippen molar-refractivity contribution in [1.29, 1.82) is 0 Å². The number of carbonyl (C=O) groups excluding carboxylic acids is 2. The van der Waals surface area contributed by atoms with Gasteiger partial charge in [0.2, 0.25) is 5.91 Å². The van der Waals surface area contributed by atoms with Gasteiger partial charge in [0, 0.05) is 12.0 Å². The first-order valence-electron chi connectivity index (χ1n) is 4.82. The molecule has 0 rings (SSSR count). The Bertz CT molecular complexity index is 206. The van der Waals surface area contributed by atoms with E-state index in [2.05, 4.69) is 5.32 Å². The number of carbonyl (C=O) groups is 2. The van der Waals surface area contributed by atoms with Crippen molar-refractivity contribution < 1.29 is 14.3 Å². The minimum absolute atomic E-state index is 0.120. The van der Waals surface area contributed by atoms with Gasteiger partial charge in [-0.1, -0.05) is 0 Å². The molecule has 0 aromatic heterocycles. The molecule has 0 saturated carbocycles. The molecule has 0 saturated heterocycles. The van der Waals surface area contributed by atoms with E-state index in [-0.39, 0.29) is 30.3 Å². The Hall–Kier alpha value is -1.06. The lowest BCUT2D eigenvalue weighted by Gasteiger charge is -2.20. The molecule has 0 aliphatic rings. The summed E-state index contributed by atoms with van der Waals surface area (Å²) < 4.78 is 4.70. The van der Waals surface area contributed by atoms with E-state index in [1.54, 1.807) is 6.92 Å². The third-order valence-electron chi connectivity index (χ3n) is 1.38. The number of ether oxygens (including phenoxy) is 1. The van der Waals surface area contributed by atoms with Crippen LogP contribution in [-0.2, 0) is 14.3 Å². The van der Waals surface area contributed by atoms with E-state index in [9.17, 15) is 9.59 Å². The summed E-state index contributed by atoms with van der Waals surface area (Å²) in [5, 5.41) is 2.77. The molecule has 4 nitrogen and oxygen atoms in total. The van der Waals surface area contributed by atoms with E-state index in [1.165, 1.54) is 0 Å². The van der Waals surface area contributed by atoms with Crippen LogP contribution in [0.2, 0.25) is 0 Å². The molecular formula is C10H19NO3. The number of rotatable bonds is 4. The van der Waals surface area contributed by atoms with E-state index in [0.717, 1.165) is 0 Å². The fraction of sp³-hybridized carbons (Fsp3) is 0.800. The minimum atomic E-state index is -0.323. The van der Waals surface area contributed by atoms with Crippen LogP contribution in [-0.4, -0.2) is 24.0 Å². The molecule has 0 aromatic rings. The van der Waals surface area contributed by atoms with E-state index in [0.29, 0.717) is 6.61 Å². The highest BCUT2D eigenvalue weighted by Gasteiger charge is 2.14. The SMILES string of the molecule is CCOC(=O)CCC(=O)NC(C)(C)C. The summed E-state index contributed by atoms with van der Waals surface area (Å²) in [4.78, 5) is 22.2. The number of hydrogen-bond acceptors (Lipinski definition) is 3. The largest absolute Gasteiger partial charge is 0.466 e. The fourth-order valence-electron chi connectivity index (χ4n) is 0.930. The molecule has 0 radical (unpaired) electrons. The van der Waals surface area contributed by atoms with Gasteiger partial charge in [-0.3, -0.25) is 9.59 Å². The normalized spacial score (nSPS) is 10.9. The molecule has 0 heterocycles. The van der Waals surface area contributed by atoms with Crippen molar-refractivity contribution >= 4 is 11.9 Å². The van der Waals surface area contributed by atoms with Crippen molar-refractivity contribution in [3.8, 4) is 0 Å². The molecule has 0 bridgehead atoms. The van der Waals surface area contributed by atoms with Gasteiger partial charge in [0.15, 0.2) is 0 Å². The zero-order valence-electron chi connectivity index (χ0n) is 9.35. The smallest absolute Gasteiger partial charge is 0.306 e. The number of amides is 1. The highest BCUT2D eigenvalue weighted by atomic mass is 16.5. The van der Waals surface area contributed by atoms with E-state index >= 15 is 0 Å². The van der Waals surface area contributed by atoms with Crippen molar-refractivity contribution in [2.45, 2.75) is 46.1 Å². The monoisotopic (exact) mass is 201 g/mol. The minimum Gasteiger partial charge on any atom is -0.466 e. The maximum Gasteiger partial charge on any atom is 0.306 e. The topological polar surface area (TPSA) is 55.4 Å². The number of esters is 1. The molecule has 0 unspecified atom stereocenters. The molecule has 1 amide bonds. The van der Waals surface area contributed by atoms with E-state index in [1.807, 2.05) is 20.8 Å². The third kappa shape index (κ3) is 7.58. The molecule has 0 atom stereocenters. The van der Waals surface area contributed by atoms with Gasteiger partial charge in [-0.25, -0.2) is 0 Å². The predicted molar refractivity (Wildman–Crippen MR) is 53.8 cm³/mol. The van der Waals surface area contributed by atoms with Crippen LogP contribution >= 0.6 is 0 Å². The summed E-state index contributed by atoms with van der Waals surface area (Å²) in [5.74, 6) is -0.442. The van der Waals surface area contributed by atoms with E-state index in [4.69, 9.17) is 4.74 Å². The number of nitrogens with one attached hydrogen (secondary N) is 1. The zero-order chi connectivity index (χ0) is 11.2. The molecular weight excluding hydrogens is 182 g/mol. The Labute approximate surface area is 85.0 Å². The summed E-state index contributed by atoms with van der Waals surface area (Å²) in [6.45, 7) is 7.80. The Morgan fingerprint density at radius 1 is 1.21 bits per heavy atom. The van der Waals surface area contributed by atoms with Gasteiger partial charge < -0.3 is 10.1 Å². The lowest BCUT2D eigenvalue weighted by molar-refractivity contribution is -0.144.